The molecule has 1 N–H and O–H groups in total. The number of anilines is 1. The van der Waals surface area contributed by atoms with Gasteiger partial charge in [0, 0.05) is 16.7 Å². The summed E-state index contributed by atoms with van der Waals surface area (Å²) in [5.74, 6) is 0.489. The van der Waals surface area contributed by atoms with Crippen LogP contribution in [0.15, 0.2) is 28.7 Å². The zero-order valence-electron chi connectivity index (χ0n) is 9.95. The summed E-state index contributed by atoms with van der Waals surface area (Å²) in [4.78, 5) is 0. The second kappa shape index (κ2) is 7.01. The second-order valence-corrected chi connectivity index (χ2v) is 7.16. The quantitative estimate of drug-likeness (QED) is 0.840. The number of benzene rings is 1. The van der Waals surface area contributed by atoms with Crippen molar-refractivity contribution in [3.8, 4) is 0 Å². The Morgan fingerprint density at radius 1 is 1.29 bits per heavy atom. The van der Waals surface area contributed by atoms with E-state index in [-0.39, 0.29) is 5.75 Å². The smallest absolute Gasteiger partial charge is 0.152 e. The fraction of sp³-hybridized carbons (Fsp3) is 0.500. The highest BCUT2D eigenvalue weighted by Gasteiger charge is 2.09. The Labute approximate surface area is 112 Å². The number of halogens is 1. The van der Waals surface area contributed by atoms with E-state index in [9.17, 15) is 8.42 Å². The molecule has 17 heavy (non-hydrogen) atoms. The Kier molecular flexibility index (Phi) is 5.98. The summed E-state index contributed by atoms with van der Waals surface area (Å²) in [5, 5.41) is 3.11. The Morgan fingerprint density at radius 3 is 2.71 bits per heavy atom. The van der Waals surface area contributed by atoms with E-state index in [1.54, 1.807) is 0 Å². The molecule has 0 saturated carbocycles. The van der Waals surface area contributed by atoms with Crippen molar-refractivity contribution in [2.75, 3.05) is 23.4 Å². The van der Waals surface area contributed by atoms with Crippen molar-refractivity contribution < 1.29 is 8.42 Å². The number of nitrogens with one attached hydrogen (secondary N) is 1. The third kappa shape index (κ3) is 6.07. The van der Waals surface area contributed by atoms with Gasteiger partial charge in [-0.05, 0) is 24.6 Å². The predicted octanol–water partition coefficient (Wildman–Crippen LogP) is 3.08. The van der Waals surface area contributed by atoms with Crippen LogP contribution in [0, 0.1) is 0 Å². The standard InChI is InChI=1S/C12H18BrNO2S/c1-2-3-8-17(15,16)9-7-14-12-6-4-5-11(13)10-12/h4-6,10,14H,2-3,7-9H2,1H3. The first kappa shape index (κ1) is 14.5. The third-order valence-corrected chi connectivity index (χ3v) is 4.61. The van der Waals surface area contributed by atoms with Crippen molar-refractivity contribution in [2.45, 2.75) is 19.8 Å². The van der Waals surface area contributed by atoms with Gasteiger partial charge in [-0.3, -0.25) is 0 Å². The summed E-state index contributed by atoms with van der Waals surface area (Å²) in [5.41, 5.74) is 0.935. The molecule has 0 aliphatic rings. The maximum atomic E-state index is 11.6. The molecule has 0 fully saturated rings. The first-order valence-corrected chi connectivity index (χ1v) is 8.35. The van der Waals surface area contributed by atoms with Crippen LogP contribution in [0.2, 0.25) is 0 Å². The lowest BCUT2D eigenvalue weighted by Crippen LogP contribution is -2.18. The van der Waals surface area contributed by atoms with Gasteiger partial charge in [0.2, 0.25) is 0 Å². The van der Waals surface area contributed by atoms with Crippen LogP contribution in [0.3, 0.4) is 0 Å². The molecule has 0 bridgehead atoms. The molecule has 0 aliphatic heterocycles. The molecule has 0 radical (unpaired) electrons. The van der Waals surface area contributed by atoms with Crippen LogP contribution in [0.5, 0.6) is 0 Å². The summed E-state index contributed by atoms with van der Waals surface area (Å²) in [6.45, 7) is 2.46. The van der Waals surface area contributed by atoms with E-state index in [0.717, 1.165) is 23.0 Å². The SMILES string of the molecule is CCCCS(=O)(=O)CCNc1cccc(Br)c1. The minimum atomic E-state index is -2.90. The summed E-state index contributed by atoms with van der Waals surface area (Å²) in [7, 11) is -2.90. The molecule has 0 atom stereocenters. The molecule has 0 aromatic heterocycles. The van der Waals surface area contributed by atoms with Gasteiger partial charge in [-0.1, -0.05) is 35.3 Å². The highest BCUT2D eigenvalue weighted by atomic mass is 79.9. The molecule has 96 valence electrons. The number of hydrogen-bond donors (Lipinski definition) is 1. The van der Waals surface area contributed by atoms with E-state index in [2.05, 4.69) is 21.2 Å². The zero-order valence-corrected chi connectivity index (χ0v) is 12.4. The zero-order chi connectivity index (χ0) is 12.7. The maximum absolute atomic E-state index is 11.6. The molecule has 0 saturated heterocycles. The summed E-state index contributed by atoms with van der Waals surface area (Å²) in [6.07, 6.45) is 1.66. The van der Waals surface area contributed by atoms with E-state index in [1.807, 2.05) is 31.2 Å². The topological polar surface area (TPSA) is 46.2 Å². The first-order valence-electron chi connectivity index (χ1n) is 5.73. The number of hydrogen-bond acceptors (Lipinski definition) is 3. The van der Waals surface area contributed by atoms with Crippen molar-refractivity contribution in [3.05, 3.63) is 28.7 Å². The molecule has 3 nitrogen and oxygen atoms in total. The summed E-state index contributed by atoms with van der Waals surface area (Å²) in [6, 6.07) is 7.70. The van der Waals surface area contributed by atoms with Crippen LogP contribution in [0.4, 0.5) is 5.69 Å². The van der Waals surface area contributed by atoms with Crippen LogP contribution in [-0.4, -0.2) is 26.5 Å². The average molecular weight is 320 g/mol. The molecular formula is C12H18BrNO2S. The van der Waals surface area contributed by atoms with Gasteiger partial charge < -0.3 is 5.32 Å². The maximum Gasteiger partial charge on any atom is 0.152 e. The van der Waals surface area contributed by atoms with Crippen LogP contribution in [0.1, 0.15) is 19.8 Å². The molecule has 5 heteroatoms. The monoisotopic (exact) mass is 319 g/mol. The molecule has 0 aliphatic carbocycles. The Bertz CT molecular complexity index is 446. The highest BCUT2D eigenvalue weighted by Crippen LogP contribution is 2.15. The van der Waals surface area contributed by atoms with Gasteiger partial charge in [0.15, 0.2) is 9.84 Å². The van der Waals surface area contributed by atoms with Gasteiger partial charge in [0.05, 0.1) is 11.5 Å². The van der Waals surface area contributed by atoms with Crippen LogP contribution < -0.4 is 5.32 Å². The molecule has 1 aromatic rings. The summed E-state index contributed by atoms with van der Waals surface area (Å²) >= 11 is 3.37. The molecular weight excluding hydrogens is 302 g/mol. The molecule has 0 amide bonds. The van der Waals surface area contributed by atoms with Gasteiger partial charge in [-0.15, -0.1) is 0 Å². The molecule has 0 heterocycles. The Hall–Kier alpha value is -0.550. The second-order valence-electron chi connectivity index (χ2n) is 3.94. The fourth-order valence-corrected chi connectivity index (χ4v) is 3.16. The van der Waals surface area contributed by atoms with E-state index in [0.29, 0.717) is 12.3 Å². The number of sulfone groups is 1. The van der Waals surface area contributed by atoms with Crippen molar-refractivity contribution in [3.63, 3.8) is 0 Å². The highest BCUT2D eigenvalue weighted by molar-refractivity contribution is 9.10. The lowest BCUT2D eigenvalue weighted by molar-refractivity contribution is 0.593. The minimum Gasteiger partial charge on any atom is -0.384 e. The Morgan fingerprint density at radius 2 is 2.06 bits per heavy atom. The third-order valence-electron chi connectivity index (χ3n) is 2.38. The Balaban J connectivity index is 2.37. The van der Waals surface area contributed by atoms with E-state index in [4.69, 9.17) is 0 Å². The predicted molar refractivity (Wildman–Crippen MR) is 76.2 cm³/mol. The van der Waals surface area contributed by atoms with Crippen LogP contribution in [0.25, 0.3) is 0 Å². The van der Waals surface area contributed by atoms with E-state index < -0.39 is 9.84 Å². The van der Waals surface area contributed by atoms with Crippen molar-refractivity contribution >= 4 is 31.5 Å². The largest absolute Gasteiger partial charge is 0.384 e. The van der Waals surface area contributed by atoms with Gasteiger partial charge in [0.1, 0.15) is 0 Å². The van der Waals surface area contributed by atoms with Gasteiger partial charge in [0.25, 0.3) is 0 Å². The van der Waals surface area contributed by atoms with Crippen molar-refractivity contribution in [1.29, 1.82) is 0 Å². The first-order chi connectivity index (χ1) is 8.03. The molecule has 1 rings (SSSR count). The normalized spacial score (nSPS) is 11.4. The molecule has 1 aromatic carbocycles. The number of rotatable bonds is 7. The van der Waals surface area contributed by atoms with Crippen molar-refractivity contribution in [2.24, 2.45) is 0 Å². The summed E-state index contributed by atoms with van der Waals surface area (Å²) < 4.78 is 24.2. The van der Waals surface area contributed by atoms with Crippen LogP contribution in [-0.2, 0) is 9.84 Å². The lowest BCUT2D eigenvalue weighted by atomic mass is 10.3. The van der Waals surface area contributed by atoms with Gasteiger partial charge >= 0.3 is 0 Å². The molecule has 0 unspecified atom stereocenters. The van der Waals surface area contributed by atoms with Crippen LogP contribution >= 0.6 is 15.9 Å². The lowest BCUT2D eigenvalue weighted by Gasteiger charge is -2.07. The number of unbranched alkanes of at least 4 members (excludes halogenated alkanes) is 1. The minimum absolute atomic E-state index is 0.194. The van der Waals surface area contributed by atoms with E-state index in [1.165, 1.54) is 0 Å². The van der Waals surface area contributed by atoms with E-state index >= 15 is 0 Å². The molecule has 0 spiro atoms. The van der Waals surface area contributed by atoms with Gasteiger partial charge in [-0.2, -0.15) is 0 Å². The average Bonchev–Trinajstić information content (AvgIpc) is 2.26. The van der Waals surface area contributed by atoms with Crippen molar-refractivity contribution in [1.82, 2.24) is 0 Å². The fourth-order valence-electron chi connectivity index (χ4n) is 1.42. The van der Waals surface area contributed by atoms with Gasteiger partial charge in [-0.25, -0.2) is 8.42 Å².